The molecule has 2 heteroatoms. The highest BCUT2D eigenvalue weighted by atomic mass is 32.1. The second-order valence-corrected chi connectivity index (χ2v) is 3.22. The molecule has 0 bridgehead atoms. The van der Waals surface area contributed by atoms with Crippen LogP contribution in [0, 0.1) is 0 Å². The van der Waals surface area contributed by atoms with Gasteiger partial charge in [0.15, 0.2) is 0 Å². The van der Waals surface area contributed by atoms with Crippen molar-refractivity contribution in [2.24, 2.45) is 0 Å². The lowest BCUT2D eigenvalue weighted by Crippen LogP contribution is -2.37. The molecule has 1 nitrogen and oxygen atoms in total. The van der Waals surface area contributed by atoms with Crippen LogP contribution in [-0.4, -0.2) is 24.0 Å². The normalized spacial score (nSPS) is 18.0. The molecule has 0 amide bonds. The monoisotopic (exact) mass is 133 g/mol. The molecule has 0 aliphatic heterocycles. The van der Waals surface area contributed by atoms with Gasteiger partial charge in [0.1, 0.15) is 0 Å². The molecule has 0 aliphatic rings. The van der Waals surface area contributed by atoms with Crippen LogP contribution in [0.5, 0.6) is 0 Å². The Labute approximate surface area is 57.8 Å². The van der Waals surface area contributed by atoms with Crippen molar-refractivity contribution >= 4 is 12.8 Å². The third kappa shape index (κ3) is 3.33. The predicted molar refractivity (Wildman–Crippen MR) is 39.2 cm³/mol. The lowest BCUT2D eigenvalue weighted by molar-refractivity contribution is -0.770. The van der Waals surface area contributed by atoms with E-state index in [2.05, 4.69) is 20.9 Å². The summed E-state index contributed by atoms with van der Waals surface area (Å²) >= 11 is 5.18. The molecule has 0 rings (SSSR count). The highest BCUT2D eigenvalue weighted by Gasteiger charge is 1.99. The van der Waals surface area contributed by atoms with E-state index in [-0.39, 0.29) is 0 Å². The Balaban J connectivity index is 3.37. The largest absolute Gasteiger partial charge is 0.494 e. The van der Waals surface area contributed by atoms with Crippen molar-refractivity contribution in [1.29, 1.82) is 0 Å². The summed E-state index contributed by atoms with van der Waals surface area (Å²) in [7, 11) is 2.08. The fraction of sp³-hybridized carbons (Fsp3) is 1.00. The number of rotatable bonds is 3. The van der Waals surface area contributed by atoms with Gasteiger partial charge in [0, 0.05) is 0 Å². The summed E-state index contributed by atoms with van der Waals surface area (Å²) in [6.07, 6.45) is 1.19. The van der Waals surface area contributed by atoms with E-state index in [4.69, 9.17) is 12.8 Å². The minimum Gasteiger partial charge on any atom is -0.494 e. The number of nitrogens with zero attached hydrogens (tertiary/aromatic N) is 1. The van der Waals surface area contributed by atoms with E-state index < -0.39 is 0 Å². The molecule has 8 heavy (non-hydrogen) atoms. The molecule has 0 fully saturated rings. The van der Waals surface area contributed by atoms with Crippen LogP contribution in [-0.2, 0) is 12.8 Å². The summed E-state index contributed by atoms with van der Waals surface area (Å²) in [5.41, 5.74) is 0. The summed E-state index contributed by atoms with van der Waals surface area (Å²) < 4.78 is 0.747. The molecule has 0 saturated carbocycles. The van der Waals surface area contributed by atoms with E-state index in [0.717, 1.165) is 17.0 Å². The summed E-state index contributed by atoms with van der Waals surface area (Å²) in [5, 5.41) is 0. The molecule has 0 aromatic carbocycles. The molecule has 0 aromatic heterocycles. The minimum absolute atomic E-state index is 0.747. The van der Waals surface area contributed by atoms with E-state index in [1.165, 1.54) is 6.42 Å². The molecule has 1 atom stereocenters. The molecule has 0 spiro atoms. The summed E-state index contributed by atoms with van der Waals surface area (Å²) in [4.78, 5) is 0. The first-order valence-electron chi connectivity index (χ1n) is 3.18. The van der Waals surface area contributed by atoms with Crippen molar-refractivity contribution in [3.8, 4) is 0 Å². The van der Waals surface area contributed by atoms with Crippen molar-refractivity contribution in [2.45, 2.75) is 20.3 Å². The molecular formula is C6H15NS. The fourth-order valence-electron chi connectivity index (χ4n) is 0.631. The standard InChI is InChI=1S/C6H15NS/c1-4-6-7(3,8)5-2/h4-6H2,1-3H3. The average molecular weight is 133 g/mol. The van der Waals surface area contributed by atoms with Gasteiger partial charge >= 0.3 is 0 Å². The maximum absolute atomic E-state index is 5.18. The summed E-state index contributed by atoms with van der Waals surface area (Å²) in [6, 6.07) is 0. The second-order valence-electron chi connectivity index (χ2n) is 2.34. The van der Waals surface area contributed by atoms with Crippen molar-refractivity contribution in [3.63, 3.8) is 0 Å². The third-order valence-electron chi connectivity index (χ3n) is 1.37. The molecule has 0 aromatic rings. The van der Waals surface area contributed by atoms with Gasteiger partial charge in [0.2, 0.25) is 0 Å². The summed E-state index contributed by atoms with van der Waals surface area (Å²) in [6.45, 7) is 6.47. The SMILES string of the molecule is CCC[N+](C)([S-])CC. The lowest BCUT2D eigenvalue weighted by atomic mass is 10.4. The maximum Gasteiger partial charge on any atom is 0.0617 e. The van der Waals surface area contributed by atoms with Crippen LogP contribution in [0.25, 0.3) is 0 Å². The quantitative estimate of drug-likeness (QED) is 0.413. The first-order chi connectivity index (χ1) is 3.62. The highest BCUT2D eigenvalue weighted by Crippen LogP contribution is 1.97. The molecule has 0 N–H and O–H groups in total. The van der Waals surface area contributed by atoms with Crippen LogP contribution in [0.3, 0.4) is 0 Å². The first kappa shape index (κ1) is 8.31. The Morgan fingerprint density at radius 2 is 1.88 bits per heavy atom. The topological polar surface area (TPSA) is 0 Å². The van der Waals surface area contributed by atoms with Gasteiger partial charge in [-0.15, -0.1) is 0 Å². The zero-order valence-corrected chi connectivity index (χ0v) is 6.79. The molecule has 1 unspecified atom stereocenters. The van der Waals surface area contributed by atoms with E-state index in [9.17, 15) is 0 Å². The predicted octanol–water partition coefficient (Wildman–Crippen LogP) is 1.32. The number of quaternary nitrogens is 1. The Bertz CT molecular complexity index is 61.5. The Morgan fingerprint density at radius 1 is 1.38 bits per heavy atom. The zero-order valence-electron chi connectivity index (χ0n) is 5.98. The van der Waals surface area contributed by atoms with Crippen LogP contribution in [0.15, 0.2) is 0 Å². The van der Waals surface area contributed by atoms with Crippen molar-refractivity contribution in [3.05, 3.63) is 0 Å². The van der Waals surface area contributed by atoms with Crippen LogP contribution >= 0.6 is 0 Å². The summed E-state index contributed by atoms with van der Waals surface area (Å²) in [5.74, 6) is 0. The van der Waals surface area contributed by atoms with Gasteiger partial charge in [-0.1, -0.05) is 6.92 Å². The van der Waals surface area contributed by atoms with E-state index >= 15 is 0 Å². The van der Waals surface area contributed by atoms with Gasteiger partial charge in [-0.25, -0.2) is 0 Å². The van der Waals surface area contributed by atoms with Crippen LogP contribution in [0.1, 0.15) is 20.3 Å². The highest BCUT2D eigenvalue weighted by molar-refractivity contribution is 7.52. The number of hydrogen-bond donors (Lipinski definition) is 0. The molecule has 50 valence electrons. The second kappa shape index (κ2) is 3.36. The van der Waals surface area contributed by atoms with Crippen molar-refractivity contribution in [2.75, 3.05) is 20.1 Å². The Morgan fingerprint density at radius 3 is 2.00 bits per heavy atom. The number of hydrogen-bond acceptors (Lipinski definition) is 1. The van der Waals surface area contributed by atoms with Crippen LogP contribution in [0.2, 0.25) is 0 Å². The van der Waals surface area contributed by atoms with Crippen LogP contribution < -0.4 is 0 Å². The smallest absolute Gasteiger partial charge is 0.0617 e. The van der Waals surface area contributed by atoms with Gasteiger partial charge < -0.3 is 16.7 Å². The van der Waals surface area contributed by atoms with Gasteiger partial charge in [0.25, 0.3) is 0 Å². The first-order valence-corrected chi connectivity index (χ1v) is 3.54. The van der Waals surface area contributed by atoms with Gasteiger partial charge in [-0.2, -0.15) is 0 Å². The zero-order chi connectivity index (χ0) is 6.62. The maximum atomic E-state index is 5.18. The van der Waals surface area contributed by atoms with Gasteiger partial charge in [-0.3, -0.25) is 0 Å². The van der Waals surface area contributed by atoms with Crippen LogP contribution in [0.4, 0.5) is 0 Å². The van der Waals surface area contributed by atoms with Crippen molar-refractivity contribution < 1.29 is 3.89 Å². The average Bonchev–Trinajstić information content (AvgIpc) is 1.67. The van der Waals surface area contributed by atoms with E-state index in [1.807, 2.05) is 0 Å². The molecule has 0 aliphatic carbocycles. The fourth-order valence-corrected chi connectivity index (χ4v) is 0.814. The van der Waals surface area contributed by atoms with Crippen molar-refractivity contribution in [1.82, 2.24) is 0 Å². The molecule has 0 radical (unpaired) electrons. The molecule has 0 saturated heterocycles. The van der Waals surface area contributed by atoms with Gasteiger partial charge in [0.05, 0.1) is 20.1 Å². The minimum atomic E-state index is 0.747. The Kier molecular flexibility index (Phi) is 3.49. The molecular weight excluding hydrogens is 118 g/mol. The van der Waals surface area contributed by atoms with E-state index in [0.29, 0.717) is 0 Å². The molecule has 0 heterocycles. The lowest BCUT2D eigenvalue weighted by Gasteiger charge is -2.39. The third-order valence-corrected chi connectivity index (χ3v) is 1.81. The van der Waals surface area contributed by atoms with Gasteiger partial charge in [-0.05, 0) is 13.3 Å². The van der Waals surface area contributed by atoms with E-state index in [1.54, 1.807) is 0 Å². The Hall–Kier alpha value is 0.310.